The van der Waals surface area contributed by atoms with Crippen molar-refractivity contribution in [3.63, 3.8) is 0 Å². The van der Waals surface area contributed by atoms with Crippen LogP contribution in [0.15, 0.2) is 0 Å². The molecular weight excluding hydrogens is 285 g/mol. The predicted molar refractivity (Wildman–Crippen MR) is 68.5 cm³/mol. The van der Waals surface area contributed by atoms with Crippen molar-refractivity contribution in [3.05, 3.63) is 11.6 Å². The zero-order valence-corrected chi connectivity index (χ0v) is 11.4. The van der Waals surface area contributed by atoms with Gasteiger partial charge in [-0.2, -0.15) is 13.2 Å². The molecule has 116 valence electrons. The normalized spacial score (nSPS) is 21.1. The number of amidine groups is 1. The quantitative estimate of drug-likeness (QED) is 0.647. The molecule has 9 heteroatoms. The third-order valence-electron chi connectivity index (χ3n) is 4.17. The summed E-state index contributed by atoms with van der Waals surface area (Å²) < 4.78 is 39.4. The highest BCUT2D eigenvalue weighted by atomic mass is 19.4. The highest BCUT2D eigenvalue weighted by Crippen LogP contribution is 2.49. The van der Waals surface area contributed by atoms with Gasteiger partial charge in [0.2, 0.25) is 5.82 Å². The fourth-order valence-corrected chi connectivity index (χ4v) is 3.00. The van der Waals surface area contributed by atoms with Gasteiger partial charge in [0.05, 0.1) is 12.4 Å². The van der Waals surface area contributed by atoms with E-state index in [-0.39, 0.29) is 17.8 Å². The summed E-state index contributed by atoms with van der Waals surface area (Å²) in [6.45, 7) is 1.89. The standard InChI is InChI=1S/C12H17F3N6/c13-12(14,15)10-19-18-9-6-20(3-4-21(9)10)7-11(1-2-11)5-8(16)17/h1-7H2,(H3,16,17). The second-order valence-electron chi connectivity index (χ2n) is 6.00. The van der Waals surface area contributed by atoms with E-state index in [1.165, 1.54) is 0 Å². The first-order chi connectivity index (χ1) is 9.79. The van der Waals surface area contributed by atoms with Crippen LogP contribution in [0.3, 0.4) is 0 Å². The van der Waals surface area contributed by atoms with Gasteiger partial charge >= 0.3 is 6.18 Å². The zero-order chi connectivity index (χ0) is 15.3. The van der Waals surface area contributed by atoms with Gasteiger partial charge in [0, 0.05) is 26.1 Å². The molecule has 21 heavy (non-hydrogen) atoms. The summed E-state index contributed by atoms with van der Waals surface area (Å²) in [5.41, 5.74) is 5.51. The molecule has 6 nitrogen and oxygen atoms in total. The van der Waals surface area contributed by atoms with E-state index < -0.39 is 12.0 Å². The number of aromatic nitrogens is 3. The van der Waals surface area contributed by atoms with Gasteiger partial charge in [0.1, 0.15) is 5.82 Å². The Balaban J connectivity index is 1.69. The Morgan fingerprint density at radius 1 is 1.29 bits per heavy atom. The highest BCUT2D eigenvalue weighted by Gasteiger charge is 2.45. The summed E-state index contributed by atoms with van der Waals surface area (Å²) in [6, 6.07) is 0. The number of halogens is 3. The van der Waals surface area contributed by atoms with Crippen molar-refractivity contribution in [3.8, 4) is 0 Å². The molecular formula is C12H17F3N6. The largest absolute Gasteiger partial charge is 0.451 e. The molecule has 1 aliphatic carbocycles. The molecule has 3 rings (SSSR count). The summed E-state index contributed by atoms with van der Waals surface area (Å²) in [5, 5.41) is 14.3. The maximum absolute atomic E-state index is 12.8. The average molecular weight is 302 g/mol. The lowest BCUT2D eigenvalue weighted by Crippen LogP contribution is -2.39. The zero-order valence-electron chi connectivity index (χ0n) is 11.4. The molecule has 1 saturated carbocycles. The van der Waals surface area contributed by atoms with Crippen LogP contribution in [-0.4, -0.2) is 38.6 Å². The molecule has 1 aliphatic heterocycles. The third-order valence-corrected chi connectivity index (χ3v) is 4.17. The van der Waals surface area contributed by atoms with Crippen LogP contribution in [0.25, 0.3) is 0 Å². The van der Waals surface area contributed by atoms with E-state index in [2.05, 4.69) is 15.1 Å². The SMILES string of the molecule is N=C(N)CC1(CN2CCn3c(nnc3C(F)(F)F)C2)CC1. The van der Waals surface area contributed by atoms with Crippen molar-refractivity contribution < 1.29 is 13.2 Å². The van der Waals surface area contributed by atoms with Crippen LogP contribution >= 0.6 is 0 Å². The van der Waals surface area contributed by atoms with Crippen LogP contribution in [0.1, 0.15) is 30.9 Å². The van der Waals surface area contributed by atoms with Gasteiger partial charge < -0.3 is 10.3 Å². The van der Waals surface area contributed by atoms with Gasteiger partial charge in [-0.05, 0) is 18.3 Å². The lowest BCUT2D eigenvalue weighted by molar-refractivity contribution is -0.148. The molecule has 0 bridgehead atoms. The fraction of sp³-hybridized carbons (Fsp3) is 0.750. The van der Waals surface area contributed by atoms with Crippen molar-refractivity contribution >= 4 is 5.84 Å². The van der Waals surface area contributed by atoms with E-state index in [4.69, 9.17) is 11.1 Å². The van der Waals surface area contributed by atoms with Crippen LogP contribution in [0.5, 0.6) is 0 Å². The van der Waals surface area contributed by atoms with Gasteiger partial charge in [0.15, 0.2) is 0 Å². The minimum atomic E-state index is -4.46. The molecule has 0 radical (unpaired) electrons. The first-order valence-electron chi connectivity index (χ1n) is 6.84. The Bertz CT molecular complexity index is 560. The number of hydrogen-bond acceptors (Lipinski definition) is 4. The van der Waals surface area contributed by atoms with Crippen LogP contribution in [0.4, 0.5) is 13.2 Å². The van der Waals surface area contributed by atoms with Crippen LogP contribution in [0.2, 0.25) is 0 Å². The number of alkyl halides is 3. The first kappa shape index (κ1) is 14.3. The maximum Gasteiger partial charge on any atom is 0.451 e. The van der Waals surface area contributed by atoms with E-state index in [0.29, 0.717) is 25.3 Å². The molecule has 3 N–H and O–H groups in total. The molecule has 0 amide bonds. The summed E-state index contributed by atoms with van der Waals surface area (Å²) >= 11 is 0. The van der Waals surface area contributed by atoms with Crippen molar-refractivity contribution in [2.45, 2.75) is 38.5 Å². The van der Waals surface area contributed by atoms with Crippen LogP contribution in [0, 0.1) is 10.8 Å². The number of nitrogens with one attached hydrogen (secondary N) is 1. The minimum Gasteiger partial charge on any atom is -0.388 e. The molecule has 1 aromatic heterocycles. The van der Waals surface area contributed by atoms with Gasteiger partial charge in [-0.15, -0.1) is 10.2 Å². The third kappa shape index (κ3) is 2.87. The van der Waals surface area contributed by atoms with E-state index in [0.717, 1.165) is 24.0 Å². The van der Waals surface area contributed by atoms with Gasteiger partial charge in [-0.25, -0.2) is 0 Å². The van der Waals surface area contributed by atoms with E-state index >= 15 is 0 Å². The number of hydrogen-bond donors (Lipinski definition) is 2. The summed E-state index contributed by atoms with van der Waals surface area (Å²) in [6.07, 6.45) is -1.86. The number of nitrogens with two attached hydrogens (primary N) is 1. The lowest BCUT2D eigenvalue weighted by atomic mass is 10.0. The average Bonchev–Trinajstić information content (AvgIpc) is 2.95. The molecule has 2 heterocycles. The van der Waals surface area contributed by atoms with Crippen molar-refractivity contribution in [1.29, 1.82) is 5.41 Å². The van der Waals surface area contributed by atoms with Crippen molar-refractivity contribution in [2.75, 3.05) is 13.1 Å². The Kier molecular flexibility index (Phi) is 3.19. The van der Waals surface area contributed by atoms with Crippen molar-refractivity contribution in [1.82, 2.24) is 19.7 Å². The first-order valence-corrected chi connectivity index (χ1v) is 6.84. The molecule has 1 fully saturated rings. The van der Waals surface area contributed by atoms with Gasteiger partial charge in [0.25, 0.3) is 0 Å². The molecule has 0 atom stereocenters. The molecule has 0 saturated heterocycles. The smallest absolute Gasteiger partial charge is 0.388 e. The topological polar surface area (TPSA) is 83.8 Å². The maximum atomic E-state index is 12.8. The Morgan fingerprint density at radius 3 is 2.57 bits per heavy atom. The molecule has 1 aromatic rings. The number of nitrogens with zero attached hydrogens (tertiary/aromatic N) is 4. The molecule has 2 aliphatic rings. The second-order valence-corrected chi connectivity index (χ2v) is 6.00. The second kappa shape index (κ2) is 4.69. The Hall–Kier alpha value is -1.64. The summed E-state index contributed by atoms with van der Waals surface area (Å²) in [5.74, 6) is -0.388. The fourth-order valence-electron chi connectivity index (χ4n) is 3.00. The number of fused-ring (bicyclic) bond motifs is 1. The molecule has 0 aromatic carbocycles. The highest BCUT2D eigenvalue weighted by molar-refractivity contribution is 5.78. The Morgan fingerprint density at radius 2 is 2.00 bits per heavy atom. The molecule has 0 spiro atoms. The summed E-state index contributed by atoms with van der Waals surface area (Å²) in [7, 11) is 0. The van der Waals surface area contributed by atoms with E-state index in [1.807, 2.05) is 0 Å². The predicted octanol–water partition coefficient (Wildman–Crippen LogP) is 1.22. The summed E-state index contributed by atoms with van der Waals surface area (Å²) in [4.78, 5) is 2.08. The Labute approximate surface area is 119 Å². The van der Waals surface area contributed by atoms with Crippen molar-refractivity contribution in [2.24, 2.45) is 11.1 Å². The van der Waals surface area contributed by atoms with Crippen LogP contribution in [-0.2, 0) is 19.3 Å². The van der Waals surface area contributed by atoms with Gasteiger partial charge in [-0.3, -0.25) is 10.3 Å². The molecule has 0 unspecified atom stereocenters. The minimum absolute atomic E-state index is 0.0425. The van der Waals surface area contributed by atoms with E-state index in [9.17, 15) is 13.2 Å². The van der Waals surface area contributed by atoms with Crippen LogP contribution < -0.4 is 5.73 Å². The van der Waals surface area contributed by atoms with E-state index in [1.54, 1.807) is 0 Å². The number of rotatable bonds is 4. The van der Waals surface area contributed by atoms with Gasteiger partial charge in [-0.1, -0.05) is 0 Å². The lowest BCUT2D eigenvalue weighted by Gasteiger charge is -2.31. The monoisotopic (exact) mass is 302 g/mol.